The fourth-order valence-corrected chi connectivity index (χ4v) is 6.28. The maximum atomic E-state index is 13.5. The number of rotatable bonds is 5. The zero-order valence-electron chi connectivity index (χ0n) is 20.8. The minimum Gasteiger partial charge on any atom is -0.316 e. The summed E-state index contributed by atoms with van der Waals surface area (Å²) in [6, 6.07) is 12.3. The molecule has 0 saturated carbocycles. The largest absolute Gasteiger partial charge is 0.316 e. The predicted molar refractivity (Wildman–Crippen MR) is 137 cm³/mol. The van der Waals surface area contributed by atoms with Crippen molar-refractivity contribution in [3.05, 3.63) is 75.2 Å². The molecule has 186 valence electrons. The number of hydrogen-bond donors (Lipinski definition) is 1. The molecule has 9 heteroatoms. The lowest BCUT2D eigenvalue weighted by atomic mass is 10.0. The normalized spacial score (nSPS) is 15.3. The smallest absolute Gasteiger partial charge is 0.295 e. The third-order valence-corrected chi connectivity index (χ3v) is 9.06. The Morgan fingerprint density at radius 1 is 1.03 bits per heavy atom. The summed E-state index contributed by atoms with van der Waals surface area (Å²) in [4.78, 5) is 26.6. The number of nitrogens with one attached hydrogen (secondary N) is 1. The van der Waals surface area contributed by atoms with E-state index in [0.29, 0.717) is 41.5 Å². The van der Waals surface area contributed by atoms with Crippen molar-refractivity contribution in [3.63, 3.8) is 0 Å². The molecule has 0 unspecified atom stereocenters. The number of para-hydroxylation sites is 1. The van der Waals surface area contributed by atoms with Crippen LogP contribution >= 0.6 is 0 Å². The molecule has 0 aliphatic carbocycles. The summed E-state index contributed by atoms with van der Waals surface area (Å²) in [5.41, 5.74) is 2.60. The van der Waals surface area contributed by atoms with Gasteiger partial charge in [-0.1, -0.05) is 25.1 Å². The Kier molecular flexibility index (Phi) is 6.75. The molecule has 1 fully saturated rings. The van der Waals surface area contributed by atoms with Crippen molar-refractivity contribution in [3.8, 4) is 5.69 Å². The van der Waals surface area contributed by atoms with Crippen LogP contribution in [0.5, 0.6) is 0 Å². The quantitative estimate of drug-likeness (QED) is 0.582. The predicted octanol–water partition coefficient (Wildman–Crippen LogP) is 3.77. The summed E-state index contributed by atoms with van der Waals surface area (Å²) in [7, 11) is -1.99. The molecular weight excluding hydrogens is 464 g/mol. The van der Waals surface area contributed by atoms with Gasteiger partial charge in [0.2, 0.25) is 10.0 Å². The Hall–Kier alpha value is -3.17. The molecule has 1 aliphatic rings. The highest BCUT2D eigenvalue weighted by molar-refractivity contribution is 7.89. The van der Waals surface area contributed by atoms with E-state index in [0.717, 1.165) is 12.8 Å². The molecule has 1 amide bonds. The number of sulfonamides is 1. The molecule has 35 heavy (non-hydrogen) atoms. The second-order valence-corrected chi connectivity index (χ2v) is 11.3. The molecule has 1 saturated heterocycles. The number of aromatic nitrogens is 2. The fourth-order valence-electron chi connectivity index (χ4n) is 4.49. The first kappa shape index (κ1) is 24.9. The lowest BCUT2D eigenvalue weighted by molar-refractivity contribution is 0.102. The molecule has 0 radical (unpaired) electrons. The second-order valence-electron chi connectivity index (χ2n) is 9.39. The maximum Gasteiger partial charge on any atom is 0.295 e. The first-order chi connectivity index (χ1) is 16.5. The van der Waals surface area contributed by atoms with Crippen molar-refractivity contribution in [2.45, 2.75) is 45.4 Å². The lowest BCUT2D eigenvalue weighted by Crippen LogP contribution is -2.38. The third-order valence-electron chi connectivity index (χ3n) is 7.04. The first-order valence-corrected chi connectivity index (χ1v) is 13.2. The van der Waals surface area contributed by atoms with E-state index >= 15 is 0 Å². The highest BCUT2D eigenvalue weighted by Crippen LogP contribution is 2.28. The molecule has 0 bridgehead atoms. The molecule has 2 aromatic carbocycles. The average Bonchev–Trinajstić information content (AvgIpc) is 3.04. The number of piperidine rings is 1. The van der Waals surface area contributed by atoms with E-state index in [2.05, 4.69) is 12.2 Å². The summed E-state index contributed by atoms with van der Waals surface area (Å²) >= 11 is 0. The van der Waals surface area contributed by atoms with E-state index in [-0.39, 0.29) is 21.7 Å². The molecule has 2 heterocycles. The maximum absolute atomic E-state index is 13.5. The zero-order valence-corrected chi connectivity index (χ0v) is 21.6. The van der Waals surface area contributed by atoms with Crippen LogP contribution in [0.2, 0.25) is 0 Å². The molecule has 0 spiro atoms. The number of nitrogens with zero attached hydrogens (tertiary/aromatic N) is 3. The van der Waals surface area contributed by atoms with Crippen LogP contribution in [0.1, 0.15) is 46.9 Å². The second kappa shape index (κ2) is 9.47. The molecule has 1 N–H and O–H groups in total. The minimum atomic E-state index is -3.74. The van der Waals surface area contributed by atoms with Crippen LogP contribution in [0.15, 0.2) is 52.2 Å². The number of anilines is 1. The summed E-state index contributed by atoms with van der Waals surface area (Å²) in [6.07, 6.45) is 1.64. The van der Waals surface area contributed by atoms with Gasteiger partial charge in [-0.2, -0.15) is 4.31 Å². The topological polar surface area (TPSA) is 93.4 Å². The van der Waals surface area contributed by atoms with Crippen molar-refractivity contribution in [2.75, 3.05) is 18.4 Å². The van der Waals surface area contributed by atoms with Crippen LogP contribution < -0.4 is 10.9 Å². The van der Waals surface area contributed by atoms with Crippen molar-refractivity contribution >= 4 is 21.6 Å². The summed E-state index contributed by atoms with van der Waals surface area (Å²) < 4.78 is 31.6. The van der Waals surface area contributed by atoms with Crippen molar-refractivity contribution in [1.82, 2.24) is 13.7 Å². The molecule has 0 atom stereocenters. The van der Waals surface area contributed by atoms with Crippen molar-refractivity contribution < 1.29 is 13.2 Å². The van der Waals surface area contributed by atoms with Crippen molar-refractivity contribution in [1.29, 1.82) is 0 Å². The van der Waals surface area contributed by atoms with Gasteiger partial charge in [0.25, 0.3) is 11.5 Å². The Balaban J connectivity index is 1.69. The van der Waals surface area contributed by atoms with E-state index in [1.807, 2.05) is 30.3 Å². The van der Waals surface area contributed by atoms with E-state index in [1.165, 1.54) is 15.1 Å². The van der Waals surface area contributed by atoms with Crippen LogP contribution in [0.25, 0.3) is 5.69 Å². The number of carbonyl (C=O) groups is 1. The lowest BCUT2D eigenvalue weighted by Gasteiger charge is -2.30. The summed E-state index contributed by atoms with van der Waals surface area (Å²) in [5.74, 6) is -0.0294. The van der Waals surface area contributed by atoms with Crippen LogP contribution in [0, 0.1) is 26.7 Å². The van der Waals surface area contributed by atoms with E-state index < -0.39 is 15.9 Å². The van der Waals surface area contributed by atoms with Gasteiger partial charge in [-0.3, -0.25) is 14.3 Å². The van der Waals surface area contributed by atoms with Gasteiger partial charge in [0.05, 0.1) is 16.3 Å². The molecule has 8 nitrogen and oxygen atoms in total. The van der Waals surface area contributed by atoms with Gasteiger partial charge >= 0.3 is 0 Å². The SMILES string of the molecule is Cc1cc(C(=O)Nc2c(C)n(C)n(-c3ccccc3)c2=O)cc(S(=O)(=O)N2CCC(C)CC2)c1C. The Morgan fingerprint density at radius 2 is 1.66 bits per heavy atom. The summed E-state index contributed by atoms with van der Waals surface area (Å²) in [5, 5.41) is 2.73. The number of aryl methyl sites for hydroxylation is 1. The van der Waals surface area contributed by atoms with E-state index in [9.17, 15) is 18.0 Å². The Labute approximate surface area is 206 Å². The third kappa shape index (κ3) is 4.58. The number of carbonyl (C=O) groups excluding carboxylic acids is 1. The molecule has 1 aliphatic heterocycles. The van der Waals surface area contributed by atoms with Gasteiger partial charge in [0.15, 0.2) is 0 Å². The van der Waals surface area contributed by atoms with Gasteiger partial charge in [-0.25, -0.2) is 13.1 Å². The van der Waals surface area contributed by atoms with Gasteiger partial charge in [-0.15, -0.1) is 0 Å². The van der Waals surface area contributed by atoms with Crippen LogP contribution in [-0.4, -0.2) is 41.1 Å². The molecular formula is C26H32N4O4S. The monoisotopic (exact) mass is 496 g/mol. The fraction of sp³-hybridized carbons (Fsp3) is 0.385. The average molecular weight is 497 g/mol. The van der Waals surface area contributed by atoms with Gasteiger partial charge in [0.1, 0.15) is 5.69 Å². The summed E-state index contributed by atoms with van der Waals surface area (Å²) in [6.45, 7) is 8.38. The number of amides is 1. The van der Waals surface area contributed by atoms with Crippen LogP contribution in [0.4, 0.5) is 5.69 Å². The van der Waals surface area contributed by atoms with Gasteiger partial charge < -0.3 is 5.32 Å². The van der Waals surface area contributed by atoms with Gasteiger partial charge in [-0.05, 0) is 74.9 Å². The Bertz CT molecular complexity index is 1430. The number of benzene rings is 2. The zero-order chi connectivity index (χ0) is 25.5. The Morgan fingerprint density at radius 3 is 2.29 bits per heavy atom. The van der Waals surface area contributed by atoms with Crippen LogP contribution in [0.3, 0.4) is 0 Å². The van der Waals surface area contributed by atoms with E-state index in [4.69, 9.17) is 0 Å². The standard InChI is InChI=1S/C26H32N4O4S/c1-17-11-13-29(14-12-17)35(33,34)23-16-21(15-18(2)19(23)3)25(31)27-24-20(4)28(5)30(26(24)32)22-9-7-6-8-10-22/h6-10,15-17H,11-14H2,1-5H3,(H,27,31). The minimum absolute atomic E-state index is 0.142. The highest BCUT2D eigenvalue weighted by atomic mass is 32.2. The molecule has 4 rings (SSSR count). The van der Waals surface area contributed by atoms with Crippen LogP contribution in [-0.2, 0) is 17.1 Å². The van der Waals surface area contributed by atoms with Crippen molar-refractivity contribution in [2.24, 2.45) is 13.0 Å². The number of hydrogen-bond acceptors (Lipinski definition) is 4. The molecule has 1 aromatic heterocycles. The highest BCUT2D eigenvalue weighted by Gasteiger charge is 2.30. The van der Waals surface area contributed by atoms with E-state index in [1.54, 1.807) is 38.6 Å². The molecule has 3 aromatic rings. The first-order valence-electron chi connectivity index (χ1n) is 11.8. The van der Waals surface area contributed by atoms with Gasteiger partial charge in [0, 0.05) is 25.7 Å².